The van der Waals surface area contributed by atoms with Crippen LogP contribution in [0.1, 0.15) is 34.5 Å². The zero-order chi connectivity index (χ0) is 14.5. The number of hydrogen-bond donors (Lipinski definition) is 2. The van der Waals surface area contributed by atoms with Crippen LogP contribution in [0.2, 0.25) is 0 Å². The summed E-state index contributed by atoms with van der Waals surface area (Å²) in [5.74, 6) is -1.22. The van der Waals surface area contributed by atoms with E-state index in [4.69, 9.17) is 5.11 Å². The Morgan fingerprint density at radius 2 is 2.00 bits per heavy atom. The van der Waals surface area contributed by atoms with E-state index in [0.29, 0.717) is 12.1 Å². The van der Waals surface area contributed by atoms with Gasteiger partial charge in [-0.3, -0.25) is 0 Å². The lowest BCUT2D eigenvalue weighted by atomic mass is 10.1. The maximum absolute atomic E-state index is 13.2. The van der Waals surface area contributed by atoms with Crippen molar-refractivity contribution in [3.63, 3.8) is 0 Å². The minimum atomic E-state index is -0.944. The third-order valence-electron chi connectivity index (χ3n) is 3.20. The molecule has 0 aliphatic heterocycles. The molecular formula is C16H16FNO2. The molecular weight excluding hydrogens is 257 g/mol. The summed E-state index contributed by atoms with van der Waals surface area (Å²) in [6.45, 7) is 2.33. The van der Waals surface area contributed by atoms with Gasteiger partial charge < -0.3 is 10.4 Å². The van der Waals surface area contributed by atoms with Crippen molar-refractivity contribution in [3.05, 3.63) is 71.0 Å². The van der Waals surface area contributed by atoms with Crippen LogP contribution in [0.5, 0.6) is 0 Å². The Labute approximate surface area is 117 Å². The number of nitrogens with one attached hydrogen (secondary N) is 1. The molecule has 0 saturated carbocycles. The average Bonchev–Trinajstić information content (AvgIpc) is 2.45. The minimum absolute atomic E-state index is 0.0625. The molecule has 0 aromatic heterocycles. The first-order valence-corrected chi connectivity index (χ1v) is 6.38. The van der Waals surface area contributed by atoms with Gasteiger partial charge in [0.1, 0.15) is 5.82 Å². The van der Waals surface area contributed by atoms with Crippen LogP contribution in [0, 0.1) is 5.82 Å². The molecule has 0 saturated heterocycles. The van der Waals surface area contributed by atoms with Gasteiger partial charge in [-0.1, -0.05) is 30.3 Å². The molecule has 2 aromatic carbocycles. The number of benzene rings is 2. The Morgan fingerprint density at radius 3 is 2.70 bits per heavy atom. The Balaban J connectivity index is 2.07. The van der Waals surface area contributed by atoms with Crippen LogP contribution >= 0.6 is 0 Å². The van der Waals surface area contributed by atoms with Gasteiger partial charge in [0.15, 0.2) is 0 Å². The summed E-state index contributed by atoms with van der Waals surface area (Å²) >= 11 is 0. The monoisotopic (exact) mass is 273 g/mol. The number of carbonyl (C=O) groups is 1. The fourth-order valence-electron chi connectivity index (χ4n) is 2.04. The predicted octanol–water partition coefficient (Wildman–Crippen LogP) is 3.37. The Bertz CT molecular complexity index is 613. The summed E-state index contributed by atoms with van der Waals surface area (Å²) in [5.41, 5.74) is 1.83. The first-order valence-electron chi connectivity index (χ1n) is 6.38. The topological polar surface area (TPSA) is 49.3 Å². The second-order valence-corrected chi connectivity index (χ2v) is 4.62. The van der Waals surface area contributed by atoms with Crippen molar-refractivity contribution in [2.45, 2.75) is 19.5 Å². The number of carboxylic acid groups (broad SMARTS) is 1. The molecule has 20 heavy (non-hydrogen) atoms. The summed E-state index contributed by atoms with van der Waals surface area (Å²) < 4.78 is 13.2. The third kappa shape index (κ3) is 3.42. The number of rotatable bonds is 5. The van der Waals surface area contributed by atoms with Crippen molar-refractivity contribution >= 4 is 5.97 Å². The molecule has 2 aromatic rings. The quantitative estimate of drug-likeness (QED) is 0.878. The Kier molecular flexibility index (Phi) is 4.48. The lowest BCUT2D eigenvalue weighted by Gasteiger charge is -2.15. The molecule has 104 valence electrons. The smallest absolute Gasteiger partial charge is 0.336 e. The van der Waals surface area contributed by atoms with Crippen molar-refractivity contribution in [1.29, 1.82) is 0 Å². The largest absolute Gasteiger partial charge is 0.478 e. The molecule has 0 bridgehead atoms. The highest BCUT2D eigenvalue weighted by atomic mass is 19.1. The van der Waals surface area contributed by atoms with Crippen LogP contribution < -0.4 is 5.32 Å². The molecule has 0 heterocycles. The molecule has 1 atom stereocenters. The third-order valence-corrected chi connectivity index (χ3v) is 3.20. The van der Waals surface area contributed by atoms with Gasteiger partial charge in [0.2, 0.25) is 0 Å². The van der Waals surface area contributed by atoms with Gasteiger partial charge in [-0.25, -0.2) is 9.18 Å². The van der Waals surface area contributed by atoms with E-state index in [9.17, 15) is 9.18 Å². The van der Waals surface area contributed by atoms with Gasteiger partial charge in [-0.05, 0) is 36.2 Å². The van der Waals surface area contributed by atoms with Crippen LogP contribution in [0.4, 0.5) is 4.39 Å². The van der Waals surface area contributed by atoms with Crippen molar-refractivity contribution < 1.29 is 14.3 Å². The number of carboxylic acids is 1. The van der Waals surface area contributed by atoms with E-state index < -0.39 is 5.97 Å². The Hall–Kier alpha value is -2.20. The first kappa shape index (κ1) is 14.2. The zero-order valence-corrected chi connectivity index (χ0v) is 11.1. The first-order chi connectivity index (χ1) is 9.58. The summed E-state index contributed by atoms with van der Waals surface area (Å²) in [6.07, 6.45) is 0. The molecule has 1 unspecified atom stereocenters. The highest BCUT2D eigenvalue weighted by Crippen LogP contribution is 2.15. The predicted molar refractivity (Wildman–Crippen MR) is 75.1 cm³/mol. The summed E-state index contributed by atoms with van der Waals surface area (Å²) in [6, 6.07) is 13.2. The van der Waals surface area contributed by atoms with Crippen molar-refractivity contribution in [2.75, 3.05) is 0 Å². The van der Waals surface area contributed by atoms with Crippen LogP contribution in [0.3, 0.4) is 0 Å². The lowest BCUT2D eigenvalue weighted by Crippen LogP contribution is -2.19. The fraction of sp³-hybridized carbons (Fsp3) is 0.188. The van der Waals surface area contributed by atoms with E-state index in [1.165, 1.54) is 12.1 Å². The molecule has 2 N–H and O–H groups in total. The molecule has 2 rings (SSSR count). The fourth-order valence-corrected chi connectivity index (χ4v) is 2.04. The van der Waals surface area contributed by atoms with Gasteiger partial charge in [-0.2, -0.15) is 0 Å². The molecule has 0 spiro atoms. The summed E-state index contributed by atoms with van der Waals surface area (Å²) in [5, 5.41) is 12.3. The molecule has 0 amide bonds. The van der Waals surface area contributed by atoms with Crippen molar-refractivity contribution in [3.8, 4) is 0 Å². The zero-order valence-electron chi connectivity index (χ0n) is 11.1. The molecule has 4 heteroatoms. The van der Waals surface area contributed by atoms with E-state index in [1.54, 1.807) is 30.3 Å². The highest BCUT2D eigenvalue weighted by Gasteiger charge is 2.11. The maximum atomic E-state index is 13.2. The van der Waals surface area contributed by atoms with E-state index in [0.717, 1.165) is 5.56 Å². The molecule has 3 nitrogen and oxygen atoms in total. The van der Waals surface area contributed by atoms with Gasteiger partial charge in [0.25, 0.3) is 0 Å². The Morgan fingerprint density at radius 1 is 1.25 bits per heavy atom. The SMILES string of the molecule is CC(NCc1ccccc1C(=O)O)c1cccc(F)c1. The van der Waals surface area contributed by atoms with Crippen LogP contribution in [-0.4, -0.2) is 11.1 Å². The van der Waals surface area contributed by atoms with E-state index in [1.807, 2.05) is 13.0 Å². The van der Waals surface area contributed by atoms with Gasteiger partial charge in [0, 0.05) is 12.6 Å². The van der Waals surface area contributed by atoms with E-state index in [-0.39, 0.29) is 17.4 Å². The maximum Gasteiger partial charge on any atom is 0.336 e. The van der Waals surface area contributed by atoms with E-state index >= 15 is 0 Å². The standard InChI is InChI=1S/C16H16FNO2/c1-11(12-6-4-7-14(17)9-12)18-10-13-5-2-3-8-15(13)16(19)20/h2-9,11,18H,10H2,1H3,(H,19,20). The normalized spacial score (nSPS) is 12.1. The second kappa shape index (κ2) is 6.30. The van der Waals surface area contributed by atoms with Crippen LogP contribution in [-0.2, 0) is 6.54 Å². The molecule has 0 radical (unpaired) electrons. The number of hydrogen-bond acceptors (Lipinski definition) is 2. The van der Waals surface area contributed by atoms with Gasteiger partial charge in [-0.15, -0.1) is 0 Å². The molecule has 0 aliphatic rings. The molecule has 0 fully saturated rings. The highest BCUT2D eigenvalue weighted by molar-refractivity contribution is 5.89. The van der Waals surface area contributed by atoms with Crippen molar-refractivity contribution in [1.82, 2.24) is 5.32 Å². The molecule has 0 aliphatic carbocycles. The van der Waals surface area contributed by atoms with E-state index in [2.05, 4.69) is 5.32 Å². The average molecular weight is 273 g/mol. The number of halogens is 1. The van der Waals surface area contributed by atoms with Crippen LogP contribution in [0.25, 0.3) is 0 Å². The summed E-state index contributed by atoms with van der Waals surface area (Å²) in [4.78, 5) is 11.1. The number of aromatic carboxylic acids is 1. The lowest BCUT2D eigenvalue weighted by molar-refractivity contribution is 0.0695. The van der Waals surface area contributed by atoms with Gasteiger partial charge >= 0.3 is 5.97 Å². The summed E-state index contributed by atoms with van der Waals surface area (Å²) in [7, 11) is 0. The second-order valence-electron chi connectivity index (χ2n) is 4.62. The van der Waals surface area contributed by atoms with Crippen molar-refractivity contribution in [2.24, 2.45) is 0 Å². The van der Waals surface area contributed by atoms with Crippen LogP contribution in [0.15, 0.2) is 48.5 Å². The minimum Gasteiger partial charge on any atom is -0.478 e. The van der Waals surface area contributed by atoms with Gasteiger partial charge in [0.05, 0.1) is 5.56 Å².